The fourth-order valence-corrected chi connectivity index (χ4v) is 2.25. The number of amides is 1. The topological polar surface area (TPSA) is 73.6 Å². The summed E-state index contributed by atoms with van der Waals surface area (Å²) in [6.45, 7) is 3.44. The summed E-state index contributed by atoms with van der Waals surface area (Å²) in [6.07, 6.45) is 1.20. The molecule has 5 heteroatoms. The van der Waals surface area contributed by atoms with E-state index in [0.717, 1.165) is 13.0 Å². The van der Waals surface area contributed by atoms with Gasteiger partial charge in [-0.3, -0.25) is 4.79 Å². The molecule has 0 aliphatic carbocycles. The zero-order valence-electron chi connectivity index (χ0n) is 11.3. The zero-order valence-corrected chi connectivity index (χ0v) is 11.3. The Morgan fingerprint density at radius 1 is 1.58 bits per heavy atom. The first-order valence-electron chi connectivity index (χ1n) is 6.45. The summed E-state index contributed by atoms with van der Waals surface area (Å²) in [5.41, 5.74) is 6.80. The second-order valence-corrected chi connectivity index (χ2v) is 4.79. The summed E-state index contributed by atoms with van der Waals surface area (Å²) in [7, 11) is 1.55. The van der Waals surface area contributed by atoms with E-state index in [1.165, 1.54) is 0 Å². The molecule has 0 radical (unpaired) electrons. The highest BCUT2D eigenvalue weighted by atomic mass is 16.5. The zero-order chi connectivity index (χ0) is 13.8. The first-order valence-corrected chi connectivity index (χ1v) is 6.45. The van der Waals surface area contributed by atoms with Crippen LogP contribution < -0.4 is 15.8 Å². The van der Waals surface area contributed by atoms with Crippen molar-refractivity contribution in [2.45, 2.75) is 19.4 Å². The van der Waals surface area contributed by atoms with Crippen LogP contribution in [-0.4, -0.2) is 32.3 Å². The molecular weight excluding hydrogens is 244 g/mol. The number of nitrogen functional groups attached to an aromatic ring is 1. The molecule has 19 heavy (non-hydrogen) atoms. The molecule has 2 unspecified atom stereocenters. The van der Waals surface area contributed by atoms with E-state index < -0.39 is 0 Å². The van der Waals surface area contributed by atoms with Crippen LogP contribution in [0.1, 0.15) is 23.7 Å². The first-order chi connectivity index (χ1) is 9.11. The lowest BCUT2D eigenvalue weighted by Gasteiger charge is -2.15. The molecule has 5 nitrogen and oxygen atoms in total. The van der Waals surface area contributed by atoms with Crippen molar-refractivity contribution in [3.05, 3.63) is 23.8 Å². The van der Waals surface area contributed by atoms with E-state index in [1.807, 2.05) is 6.92 Å². The summed E-state index contributed by atoms with van der Waals surface area (Å²) in [6, 6.07) is 5.04. The molecule has 2 atom stereocenters. The second kappa shape index (κ2) is 5.93. The Balaban J connectivity index is 1.94. The van der Waals surface area contributed by atoms with E-state index >= 15 is 0 Å². The van der Waals surface area contributed by atoms with Crippen LogP contribution in [0.25, 0.3) is 0 Å². The molecule has 0 saturated carbocycles. The van der Waals surface area contributed by atoms with E-state index in [2.05, 4.69) is 5.32 Å². The minimum absolute atomic E-state index is 0.117. The van der Waals surface area contributed by atoms with Gasteiger partial charge in [0.25, 0.3) is 5.91 Å². The fourth-order valence-electron chi connectivity index (χ4n) is 2.25. The Morgan fingerprint density at radius 2 is 2.37 bits per heavy atom. The van der Waals surface area contributed by atoms with Crippen LogP contribution in [0.15, 0.2) is 18.2 Å². The van der Waals surface area contributed by atoms with Gasteiger partial charge in [0, 0.05) is 24.6 Å². The maximum absolute atomic E-state index is 12.0. The van der Waals surface area contributed by atoms with Crippen molar-refractivity contribution in [3.8, 4) is 5.75 Å². The maximum atomic E-state index is 12.0. The number of carbonyl (C=O) groups is 1. The fraction of sp³-hybridized carbons (Fsp3) is 0.500. The number of anilines is 1. The smallest absolute Gasteiger partial charge is 0.251 e. The van der Waals surface area contributed by atoms with Crippen LogP contribution in [0.2, 0.25) is 0 Å². The van der Waals surface area contributed by atoms with Gasteiger partial charge in [0.05, 0.1) is 18.9 Å². The highest BCUT2D eigenvalue weighted by Crippen LogP contribution is 2.22. The number of benzene rings is 1. The molecule has 1 saturated heterocycles. The third-order valence-corrected chi connectivity index (χ3v) is 3.55. The third kappa shape index (κ3) is 3.17. The predicted octanol–water partition coefficient (Wildman–Crippen LogP) is 1.43. The van der Waals surface area contributed by atoms with Crippen molar-refractivity contribution in [2.24, 2.45) is 5.92 Å². The molecule has 104 valence electrons. The largest absolute Gasteiger partial charge is 0.495 e. The van der Waals surface area contributed by atoms with Gasteiger partial charge in [0.15, 0.2) is 0 Å². The molecule has 1 fully saturated rings. The summed E-state index contributed by atoms with van der Waals surface area (Å²) in [4.78, 5) is 12.0. The number of hydrogen-bond acceptors (Lipinski definition) is 4. The van der Waals surface area contributed by atoms with Crippen molar-refractivity contribution in [1.82, 2.24) is 5.32 Å². The van der Waals surface area contributed by atoms with Crippen molar-refractivity contribution in [2.75, 3.05) is 26.0 Å². The monoisotopic (exact) mass is 264 g/mol. The van der Waals surface area contributed by atoms with Crippen molar-refractivity contribution in [1.29, 1.82) is 0 Å². The normalized spacial score (nSPS) is 22.2. The molecule has 0 spiro atoms. The van der Waals surface area contributed by atoms with Gasteiger partial charge in [-0.05, 0) is 31.5 Å². The van der Waals surface area contributed by atoms with Crippen LogP contribution in [0.3, 0.4) is 0 Å². The highest BCUT2D eigenvalue weighted by molar-refractivity contribution is 5.95. The lowest BCUT2D eigenvalue weighted by molar-refractivity contribution is 0.0907. The Morgan fingerprint density at radius 3 is 2.95 bits per heavy atom. The molecule has 1 aliphatic heterocycles. The van der Waals surface area contributed by atoms with Gasteiger partial charge in [0.1, 0.15) is 5.75 Å². The van der Waals surface area contributed by atoms with Gasteiger partial charge in [0.2, 0.25) is 0 Å². The first kappa shape index (κ1) is 13.7. The third-order valence-electron chi connectivity index (χ3n) is 3.55. The Bertz CT molecular complexity index is 462. The van der Waals surface area contributed by atoms with E-state index in [9.17, 15) is 4.79 Å². The van der Waals surface area contributed by atoms with Crippen molar-refractivity contribution >= 4 is 11.6 Å². The van der Waals surface area contributed by atoms with E-state index in [0.29, 0.717) is 29.5 Å². The average molecular weight is 264 g/mol. The molecule has 3 N–H and O–H groups in total. The number of methoxy groups -OCH3 is 1. The number of ether oxygens (including phenoxy) is 2. The number of hydrogen-bond donors (Lipinski definition) is 2. The molecule has 1 amide bonds. The standard InChI is InChI=1S/C14H20N2O3/c1-9-11(5-6-19-9)8-16-14(17)10-3-4-13(18-2)12(15)7-10/h3-4,7,9,11H,5-6,8,15H2,1-2H3,(H,16,17). The summed E-state index contributed by atoms with van der Waals surface area (Å²) < 4.78 is 10.5. The Kier molecular flexibility index (Phi) is 4.27. The Hall–Kier alpha value is -1.75. The van der Waals surface area contributed by atoms with E-state index in [-0.39, 0.29) is 12.0 Å². The second-order valence-electron chi connectivity index (χ2n) is 4.79. The van der Waals surface area contributed by atoms with Gasteiger partial charge < -0.3 is 20.5 Å². The van der Waals surface area contributed by atoms with Crippen LogP contribution in [0, 0.1) is 5.92 Å². The molecule has 1 heterocycles. The molecule has 1 aromatic rings. The van der Waals surface area contributed by atoms with Gasteiger partial charge in [-0.2, -0.15) is 0 Å². The maximum Gasteiger partial charge on any atom is 0.251 e. The molecular formula is C14H20N2O3. The molecule has 2 rings (SSSR count). The van der Waals surface area contributed by atoms with Crippen LogP contribution in [0.5, 0.6) is 5.75 Å². The summed E-state index contributed by atoms with van der Waals surface area (Å²) >= 11 is 0. The molecule has 1 aromatic carbocycles. The van der Waals surface area contributed by atoms with Crippen LogP contribution >= 0.6 is 0 Å². The van der Waals surface area contributed by atoms with Crippen molar-refractivity contribution < 1.29 is 14.3 Å². The number of nitrogens with one attached hydrogen (secondary N) is 1. The minimum Gasteiger partial charge on any atom is -0.495 e. The molecule has 0 bridgehead atoms. The quantitative estimate of drug-likeness (QED) is 0.807. The molecule has 0 aromatic heterocycles. The van der Waals surface area contributed by atoms with E-state index in [1.54, 1.807) is 25.3 Å². The van der Waals surface area contributed by atoms with Crippen LogP contribution in [-0.2, 0) is 4.74 Å². The highest BCUT2D eigenvalue weighted by Gasteiger charge is 2.24. The van der Waals surface area contributed by atoms with Crippen molar-refractivity contribution in [3.63, 3.8) is 0 Å². The molecule has 1 aliphatic rings. The number of carbonyl (C=O) groups excluding carboxylic acids is 1. The van der Waals surface area contributed by atoms with E-state index in [4.69, 9.17) is 15.2 Å². The number of nitrogens with two attached hydrogens (primary N) is 1. The van der Waals surface area contributed by atoms with Crippen LogP contribution in [0.4, 0.5) is 5.69 Å². The SMILES string of the molecule is COc1ccc(C(=O)NCC2CCOC2C)cc1N. The number of rotatable bonds is 4. The van der Waals surface area contributed by atoms with Gasteiger partial charge in [-0.15, -0.1) is 0 Å². The Labute approximate surface area is 113 Å². The van der Waals surface area contributed by atoms with Gasteiger partial charge in [-0.25, -0.2) is 0 Å². The lowest BCUT2D eigenvalue weighted by Crippen LogP contribution is -2.31. The summed E-state index contributed by atoms with van der Waals surface area (Å²) in [5.74, 6) is 0.849. The van der Waals surface area contributed by atoms with Gasteiger partial charge >= 0.3 is 0 Å². The minimum atomic E-state index is -0.117. The lowest BCUT2D eigenvalue weighted by atomic mass is 10.0. The van der Waals surface area contributed by atoms with Gasteiger partial charge in [-0.1, -0.05) is 0 Å². The predicted molar refractivity (Wildman–Crippen MR) is 73.3 cm³/mol. The summed E-state index contributed by atoms with van der Waals surface area (Å²) in [5, 5.41) is 2.92. The average Bonchev–Trinajstić information content (AvgIpc) is 2.81.